The van der Waals surface area contributed by atoms with Crippen molar-refractivity contribution in [3.8, 4) is 5.75 Å². The molecule has 0 unspecified atom stereocenters. The second-order valence-corrected chi connectivity index (χ2v) is 10.1. The van der Waals surface area contributed by atoms with Gasteiger partial charge in [0.25, 0.3) is 5.91 Å². The second kappa shape index (κ2) is 10.3. The summed E-state index contributed by atoms with van der Waals surface area (Å²) in [5.74, 6) is 0.928. The Morgan fingerprint density at radius 1 is 0.971 bits per heavy atom. The van der Waals surface area contributed by atoms with Crippen molar-refractivity contribution in [2.45, 2.75) is 52.0 Å². The molecule has 1 amide bonds. The number of carbonyl (C=O) groups is 1. The van der Waals surface area contributed by atoms with Gasteiger partial charge in [-0.2, -0.15) is 0 Å². The van der Waals surface area contributed by atoms with Crippen molar-refractivity contribution >= 4 is 11.6 Å². The van der Waals surface area contributed by atoms with Crippen LogP contribution >= 0.6 is 0 Å². The van der Waals surface area contributed by atoms with Crippen LogP contribution in [0.5, 0.6) is 5.75 Å². The van der Waals surface area contributed by atoms with E-state index in [1.54, 1.807) is 7.11 Å². The molecule has 0 radical (unpaired) electrons. The average molecular weight is 457 g/mol. The van der Waals surface area contributed by atoms with Gasteiger partial charge >= 0.3 is 0 Å². The van der Waals surface area contributed by atoms with Crippen LogP contribution in [0.2, 0.25) is 0 Å². The molecule has 4 heteroatoms. The minimum Gasteiger partial charge on any atom is -0.497 e. The van der Waals surface area contributed by atoms with Crippen LogP contribution in [0, 0.1) is 0 Å². The summed E-state index contributed by atoms with van der Waals surface area (Å²) in [4.78, 5) is 15.8. The summed E-state index contributed by atoms with van der Waals surface area (Å²) >= 11 is 0. The van der Waals surface area contributed by atoms with E-state index in [9.17, 15) is 4.79 Å². The third-order valence-electron chi connectivity index (χ3n) is 6.62. The maximum absolute atomic E-state index is 13.8. The zero-order valence-electron chi connectivity index (χ0n) is 20.9. The third-order valence-corrected chi connectivity index (χ3v) is 6.62. The van der Waals surface area contributed by atoms with Gasteiger partial charge in [0.05, 0.1) is 18.4 Å². The lowest BCUT2D eigenvalue weighted by Gasteiger charge is -2.27. The Kier molecular flexibility index (Phi) is 7.26. The van der Waals surface area contributed by atoms with Crippen molar-refractivity contribution < 1.29 is 9.53 Å². The maximum Gasteiger partial charge on any atom is 0.256 e. The fourth-order valence-corrected chi connectivity index (χ4v) is 4.50. The predicted octanol–water partition coefficient (Wildman–Crippen LogP) is 6.24. The molecule has 3 aromatic carbocycles. The van der Waals surface area contributed by atoms with Crippen LogP contribution in [0.25, 0.3) is 0 Å². The summed E-state index contributed by atoms with van der Waals surface area (Å²) in [7, 11) is 1.68. The first kappa shape index (κ1) is 23.9. The standard InChI is InChI=1S/C30H36N2O2/c1-30(2,3)25-14-10-23(11-15-25)21-32(20-18-22-12-16-26(34-4)17-13-22)29(33)27-9-5-7-24-8-6-19-31-28(24)27/h5,7,9-17,31H,6,8,18-21H2,1-4H3. The minimum absolute atomic E-state index is 0.0830. The molecule has 1 heterocycles. The van der Waals surface area contributed by atoms with Crippen molar-refractivity contribution in [3.63, 3.8) is 0 Å². The van der Waals surface area contributed by atoms with E-state index in [1.165, 1.54) is 16.7 Å². The van der Waals surface area contributed by atoms with Gasteiger partial charge in [0.2, 0.25) is 0 Å². The van der Waals surface area contributed by atoms with Crippen LogP contribution in [-0.4, -0.2) is 31.0 Å². The number of hydrogen-bond donors (Lipinski definition) is 1. The summed E-state index contributed by atoms with van der Waals surface area (Å²) in [6, 6.07) is 22.9. The van der Waals surface area contributed by atoms with Crippen molar-refractivity contribution in [1.82, 2.24) is 4.90 Å². The molecule has 0 atom stereocenters. The molecule has 0 spiro atoms. The Morgan fingerprint density at radius 2 is 1.68 bits per heavy atom. The molecule has 1 aliphatic rings. The molecule has 0 aliphatic carbocycles. The van der Waals surface area contributed by atoms with Gasteiger partial charge in [-0.3, -0.25) is 4.79 Å². The van der Waals surface area contributed by atoms with E-state index >= 15 is 0 Å². The first-order valence-corrected chi connectivity index (χ1v) is 12.2. The van der Waals surface area contributed by atoms with E-state index in [0.29, 0.717) is 13.1 Å². The number of ether oxygens (including phenoxy) is 1. The number of para-hydroxylation sites is 1. The molecule has 0 saturated heterocycles. The summed E-state index contributed by atoms with van der Waals surface area (Å²) < 4.78 is 5.28. The van der Waals surface area contributed by atoms with Crippen molar-refractivity contribution in [3.05, 3.63) is 94.5 Å². The van der Waals surface area contributed by atoms with Crippen molar-refractivity contribution in [2.75, 3.05) is 25.5 Å². The number of carbonyl (C=O) groups excluding carboxylic acids is 1. The highest BCUT2D eigenvalue weighted by Crippen LogP contribution is 2.28. The number of benzene rings is 3. The molecule has 4 rings (SSSR count). The zero-order valence-corrected chi connectivity index (χ0v) is 20.9. The molecule has 178 valence electrons. The molecule has 0 fully saturated rings. The summed E-state index contributed by atoms with van der Waals surface area (Å²) in [5.41, 5.74) is 6.77. The SMILES string of the molecule is COc1ccc(CCN(Cc2ccc(C(C)(C)C)cc2)C(=O)c2cccc3c2NCCC3)cc1. The number of nitrogens with zero attached hydrogens (tertiary/aromatic N) is 1. The Balaban J connectivity index is 1.58. The third kappa shape index (κ3) is 5.61. The second-order valence-electron chi connectivity index (χ2n) is 10.1. The molecule has 0 aromatic heterocycles. The number of aryl methyl sites for hydroxylation is 1. The normalized spacial score (nSPS) is 13.1. The van der Waals surface area contributed by atoms with Gasteiger partial charge in [0.1, 0.15) is 5.75 Å². The first-order chi connectivity index (χ1) is 16.3. The molecular weight excluding hydrogens is 420 g/mol. The van der Waals surface area contributed by atoms with Crippen LogP contribution < -0.4 is 10.1 Å². The smallest absolute Gasteiger partial charge is 0.256 e. The molecule has 0 saturated carbocycles. The van der Waals surface area contributed by atoms with Gasteiger partial charge in [-0.15, -0.1) is 0 Å². The minimum atomic E-state index is 0.0830. The van der Waals surface area contributed by atoms with E-state index in [1.807, 2.05) is 29.2 Å². The number of anilines is 1. The van der Waals surface area contributed by atoms with Gasteiger partial charge in [-0.1, -0.05) is 69.3 Å². The topological polar surface area (TPSA) is 41.6 Å². The van der Waals surface area contributed by atoms with Gasteiger partial charge < -0.3 is 15.0 Å². The van der Waals surface area contributed by atoms with Crippen LogP contribution in [0.3, 0.4) is 0 Å². The number of amides is 1. The Bertz CT molecular complexity index is 1110. The highest BCUT2D eigenvalue weighted by Gasteiger charge is 2.23. The monoisotopic (exact) mass is 456 g/mol. The fraction of sp³-hybridized carbons (Fsp3) is 0.367. The van der Waals surface area contributed by atoms with Crippen LogP contribution in [0.15, 0.2) is 66.7 Å². The lowest BCUT2D eigenvalue weighted by atomic mass is 9.87. The molecule has 34 heavy (non-hydrogen) atoms. The fourth-order valence-electron chi connectivity index (χ4n) is 4.50. The van der Waals surface area contributed by atoms with Crippen LogP contribution in [0.4, 0.5) is 5.69 Å². The molecule has 4 nitrogen and oxygen atoms in total. The number of hydrogen-bond acceptors (Lipinski definition) is 3. The molecule has 0 bridgehead atoms. The molecule has 1 aliphatic heterocycles. The van der Waals surface area contributed by atoms with Crippen molar-refractivity contribution in [2.24, 2.45) is 0 Å². The highest BCUT2D eigenvalue weighted by molar-refractivity contribution is 6.00. The average Bonchev–Trinajstić information content (AvgIpc) is 2.86. The van der Waals surface area contributed by atoms with E-state index in [2.05, 4.69) is 68.6 Å². The zero-order chi connectivity index (χ0) is 24.1. The number of nitrogens with one attached hydrogen (secondary N) is 1. The maximum atomic E-state index is 13.8. The Hall–Kier alpha value is -3.27. The predicted molar refractivity (Wildman–Crippen MR) is 140 cm³/mol. The van der Waals surface area contributed by atoms with Gasteiger partial charge in [-0.05, 0) is 65.1 Å². The van der Waals surface area contributed by atoms with E-state index < -0.39 is 0 Å². The molecule has 1 N–H and O–H groups in total. The van der Waals surface area contributed by atoms with E-state index in [0.717, 1.165) is 48.4 Å². The summed E-state index contributed by atoms with van der Waals surface area (Å²) in [6.07, 6.45) is 2.91. The molecular formula is C30H36N2O2. The Labute approximate surface area is 204 Å². The van der Waals surface area contributed by atoms with Gasteiger partial charge in [0, 0.05) is 19.6 Å². The van der Waals surface area contributed by atoms with Crippen LogP contribution in [-0.2, 0) is 24.8 Å². The summed E-state index contributed by atoms with van der Waals surface area (Å²) in [6.45, 7) is 8.81. The largest absolute Gasteiger partial charge is 0.497 e. The summed E-state index contributed by atoms with van der Waals surface area (Å²) in [5, 5.41) is 3.48. The lowest BCUT2D eigenvalue weighted by Crippen LogP contribution is -2.33. The van der Waals surface area contributed by atoms with Crippen LogP contribution in [0.1, 0.15) is 59.8 Å². The highest BCUT2D eigenvalue weighted by atomic mass is 16.5. The van der Waals surface area contributed by atoms with E-state index in [4.69, 9.17) is 4.74 Å². The first-order valence-electron chi connectivity index (χ1n) is 12.2. The van der Waals surface area contributed by atoms with Crippen molar-refractivity contribution in [1.29, 1.82) is 0 Å². The quantitative estimate of drug-likeness (QED) is 0.458. The van der Waals surface area contributed by atoms with Gasteiger partial charge in [-0.25, -0.2) is 0 Å². The molecule has 3 aromatic rings. The number of methoxy groups -OCH3 is 1. The van der Waals surface area contributed by atoms with Gasteiger partial charge in [0.15, 0.2) is 0 Å². The number of rotatable bonds is 7. The Morgan fingerprint density at radius 3 is 2.35 bits per heavy atom. The van der Waals surface area contributed by atoms with E-state index in [-0.39, 0.29) is 11.3 Å². The lowest BCUT2D eigenvalue weighted by molar-refractivity contribution is 0.0746. The number of fused-ring (bicyclic) bond motifs is 1.